The topological polar surface area (TPSA) is 15.3 Å². The maximum Gasteiger partial charge on any atom is 0.0159 e. The molecule has 2 heteroatoms. The van der Waals surface area contributed by atoms with Crippen LogP contribution < -0.4 is 5.32 Å². The molecule has 2 aliphatic carbocycles. The summed E-state index contributed by atoms with van der Waals surface area (Å²) in [6, 6.07) is 1.40. The smallest absolute Gasteiger partial charge is 0.0159 e. The van der Waals surface area contributed by atoms with Gasteiger partial charge in [-0.15, -0.1) is 0 Å². The zero-order valence-corrected chi connectivity index (χ0v) is 15.1. The van der Waals surface area contributed by atoms with Crippen molar-refractivity contribution in [2.45, 2.75) is 85.2 Å². The highest BCUT2D eigenvalue weighted by Gasteiger charge is 2.39. The first-order chi connectivity index (χ1) is 9.94. The summed E-state index contributed by atoms with van der Waals surface area (Å²) in [7, 11) is 0. The Morgan fingerprint density at radius 3 is 2.43 bits per heavy atom. The molecular weight excluding hydrogens is 256 g/mol. The highest BCUT2D eigenvalue weighted by molar-refractivity contribution is 4.95. The lowest BCUT2D eigenvalue weighted by molar-refractivity contribution is 0.0676. The summed E-state index contributed by atoms with van der Waals surface area (Å²) < 4.78 is 0. The molecule has 0 heterocycles. The van der Waals surface area contributed by atoms with Gasteiger partial charge in [0.25, 0.3) is 0 Å². The van der Waals surface area contributed by atoms with Gasteiger partial charge in [-0.1, -0.05) is 27.2 Å². The zero-order chi connectivity index (χ0) is 15.5. The SMILES string of the molecule is CCCNC1C(CN(CC2CC2)C(C)C)CCCC1(C)C. The van der Waals surface area contributed by atoms with Gasteiger partial charge in [0, 0.05) is 25.2 Å². The summed E-state index contributed by atoms with van der Waals surface area (Å²) in [4.78, 5) is 2.77. The van der Waals surface area contributed by atoms with Crippen molar-refractivity contribution in [3.8, 4) is 0 Å². The maximum atomic E-state index is 3.90. The third-order valence-electron chi connectivity index (χ3n) is 5.71. The predicted octanol–water partition coefficient (Wildman–Crippen LogP) is 4.30. The highest BCUT2D eigenvalue weighted by atomic mass is 15.2. The van der Waals surface area contributed by atoms with E-state index in [-0.39, 0.29) is 0 Å². The van der Waals surface area contributed by atoms with Crippen LogP contribution in [0.2, 0.25) is 0 Å². The fourth-order valence-electron chi connectivity index (χ4n) is 4.15. The van der Waals surface area contributed by atoms with E-state index in [1.165, 1.54) is 58.2 Å². The minimum atomic E-state index is 0.459. The van der Waals surface area contributed by atoms with Gasteiger partial charge in [-0.05, 0) is 69.7 Å². The van der Waals surface area contributed by atoms with Crippen molar-refractivity contribution in [1.82, 2.24) is 10.2 Å². The molecule has 0 aliphatic heterocycles. The van der Waals surface area contributed by atoms with Crippen molar-refractivity contribution < 1.29 is 0 Å². The van der Waals surface area contributed by atoms with E-state index >= 15 is 0 Å². The van der Waals surface area contributed by atoms with Crippen molar-refractivity contribution in [3.63, 3.8) is 0 Å². The number of nitrogens with zero attached hydrogens (tertiary/aromatic N) is 1. The fourth-order valence-corrected chi connectivity index (χ4v) is 4.15. The van der Waals surface area contributed by atoms with Crippen LogP contribution in [0.4, 0.5) is 0 Å². The van der Waals surface area contributed by atoms with Gasteiger partial charge in [0.15, 0.2) is 0 Å². The van der Waals surface area contributed by atoms with Gasteiger partial charge in [0.2, 0.25) is 0 Å². The summed E-state index contributed by atoms with van der Waals surface area (Å²) in [6.45, 7) is 15.8. The van der Waals surface area contributed by atoms with E-state index in [4.69, 9.17) is 0 Å². The van der Waals surface area contributed by atoms with E-state index in [9.17, 15) is 0 Å². The number of rotatable bonds is 8. The summed E-state index contributed by atoms with van der Waals surface area (Å²) in [5, 5.41) is 3.90. The summed E-state index contributed by atoms with van der Waals surface area (Å²) in [5.74, 6) is 1.84. The number of hydrogen-bond acceptors (Lipinski definition) is 2. The quantitative estimate of drug-likeness (QED) is 0.718. The average Bonchev–Trinajstić information content (AvgIpc) is 3.20. The van der Waals surface area contributed by atoms with Crippen molar-refractivity contribution in [2.24, 2.45) is 17.3 Å². The fraction of sp³-hybridized carbons (Fsp3) is 1.00. The predicted molar refractivity (Wildman–Crippen MR) is 92.6 cm³/mol. The lowest BCUT2D eigenvalue weighted by Gasteiger charge is -2.46. The molecule has 2 rings (SSSR count). The molecule has 0 radical (unpaired) electrons. The van der Waals surface area contributed by atoms with Gasteiger partial charge in [-0.25, -0.2) is 0 Å². The molecule has 2 aliphatic rings. The monoisotopic (exact) mass is 294 g/mol. The van der Waals surface area contributed by atoms with Gasteiger partial charge in [-0.3, -0.25) is 0 Å². The van der Waals surface area contributed by atoms with Crippen LogP contribution in [0.1, 0.15) is 73.1 Å². The molecule has 124 valence electrons. The second kappa shape index (κ2) is 7.46. The van der Waals surface area contributed by atoms with E-state index < -0.39 is 0 Å². The van der Waals surface area contributed by atoms with Gasteiger partial charge >= 0.3 is 0 Å². The van der Waals surface area contributed by atoms with E-state index in [0.717, 1.165) is 11.8 Å². The Morgan fingerprint density at radius 2 is 1.86 bits per heavy atom. The second-order valence-corrected chi connectivity index (χ2v) is 8.56. The maximum absolute atomic E-state index is 3.90. The van der Waals surface area contributed by atoms with Crippen molar-refractivity contribution in [1.29, 1.82) is 0 Å². The Labute approximate surface area is 133 Å². The first-order valence-electron chi connectivity index (χ1n) is 9.41. The molecule has 0 spiro atoms. The molecule has 2 atom stereocenters. The van der Waals surface area contributed by atoms with Crippen LogP contribution >= 0.6 is 0 Å². The van der Waals surface area contributed by atoms with Crippen LogP contribution in [0.15, 0.2) is 0 Å². The Balaban J connectivity index is 1.98. The third kappa shape index (κ3) is 4.96. The molecule has 1 N–H and O–H groups in total. The highest BCUT2D eigenvalue weighted by Crippen LogP contribution is 2.40. The van der Waals surface area contributed by atoms with E-state index in [1.807, 2.05) is 0 Å². The van der Waals surface area contributed by atoms with Gasteiger partial charge in [-0.2, -0.15) is 0 Å². The minimum Gasteiger partial charge on any atom is -0.313 e. The molecule has 2 saturated carbocycles. The standard InChI is InChI=1S/C19H38N2/c1-6-12-20-18-17(8-7-11-19(18,4)5)14-21(15(2)3)13-16-9-10-16/h15-18,20H,6-14H2,1-5H3. The number of nitrogens with one attached hydrogen (secondary N) is 1. The Kier molecular flexibility index (Phi) is 6.14. The largest absolute Gasteiger partial charge is 0.313 e. The van der Waals surface area contributed by atoms with E-state index in [0.29, 0.717) is 17.5 Å². The van der Waals surface area contributed by atoms with Crippen LogP contribution in [0, 0.1) is 17.3 Å². The van der Waals surface area contributed by atoms with E-state index in [1.54, 1.807) is 0 Å². The van der Waals surface area contributed by atoms with Crippen LogP contribution in [-0.4, -0.2) is 36.6 Å². The normalized spacial score (nSPS) is 29.3. The van der Waals surface area contributed by atoms with Crippen LogP contribution in [0.5, 0.6) is 0 Å². The average molecular weight is 295 g/mol. The molecule has 0 aromatic carbocycles. The molecule has 0 bridgehead atoms. The van der Waals surface area contributed by atoms with Gasteiger partial charge in [0.05, 0.1) is 0 Å². The minimum absolute atomic E-state index is 0.459. The van der Waals surface area contributed by atoms with Crippen molar-refractivity contribution in [2.75, 3.05) is 19.6 Å². The molecular formula is C19H38N2. The molecule has 21 heavy (non-hydrogen) atoms. The van der Waals surface area contributed by atoms with Crippen LogP contribution in [-0.2, 0) is 0 Å². The molecule has 0 saturated heterocycles. The zero-order valence-electron chi connectivity index (χ0n) is 15.1. The van der Waals surface area contributed by atoms with Crippen LogP contribution in [0.25, 0.3) is 0 Å². The first kappa shape index (κ1) is 17.3. The third-order valence-corrected chi connectivity index (χ3v) is 5.71. The van der Waals surface area contributed by atoms with Crippen LogP contribution in [0.3, 0.4) is 0 Å². The summed E-state index contributed by atoms with van der Waals surface area (Å²) in [5.41, 5.74) is 0.459. The van der Waals surface area contributed by atoms with Crippen molar-refractivity contribution >= 4 is 0 Å². The molecule has 2 unspecified atom stereocenters. The molecule has 0 aromatic heterocycles. The van der Waals surface area contributed by atoms with Crippen molar-refractivity contribution in [3.05, 3.63) is 0 Å². The Bertz CT molecular complexity index is 307. The Morgan fingerprint density at radius 1 is 1.14 bits per heavy atom. The number of hydrogen-bond donors (Lipinski definition) is 1. The lowest BCUT2D eigenvalue weighted by atomic mass is 9.67. The van der Waals surface area contributed by atoms with Gasteiger partial charge in [0.1, 0.15) is 0 Å². The van der Waals surface area contributed by atoms with Gasteiger partial charge < -0.3 is 10.2 Å². The molecule has 0 aromatic rings. The van der Waals surface area contributed by atoms with E-state index in [2.05, 4.69) is 44.8 Å². The summed E-state index contributed by atoms with van der Waals surface area (Å²) in [6.07, 6.45) is 8.40. The molecule has 0 amide bonds. The molecule has 2 fully saturated rings. The summed E-state index contributed by atoms with van der Waals surface area (Å²) >= 11 is 0. The molecule has 2 nitrogen and oxygen atoms in total. The first-order valence-corrected chi connectivity index (χ1v) is 9.41. The lowest BCUT2D eigenvalue weighted by Crippen LogP contribution is -2.53. The Hall–Kier alpha value is -0.0800. The second-order valence-electron chi connectivity index (χ2n) is 8.56.